The topological polar surface area (TPSA) is 141 Å². The van der Waals surface area contributed by atoms with Crippen molar-refractivity contribution in [3.8, 4) is 0 Å². The van der Waals surface area contributed by atoms with E-state index < -0.39 is 21.2 Å². The molecule has 0 radical (unpaired) electrons. The normalized spacial score (nSPS) is 12.6. The summed E-state index contributed by atoms with van der Waals surface area (Å²) in [6.45, 7) is 3.68. The molecule has 2 aromatic rings. The van der Waals surface area contributed by atoms with Gasteiger partial charge in [0.25, 0.3) is 0 Å². The molecule has 2 rings (SSSR count). The van der Waals surface area contributed by atoms with Crippen molar-refractivity contribution in [1.29, 1.82) is 0 Å². The van der Waals surface area contributed by atoms with Crippen molar-refractivity contribution in [2.75, 3.05) is 4.72 Å². The number of nitrogens with two attached hydrogens (primary N) is 2. The van der Waals surface area contributed by atoms with Gasteiger partial charge in [0.2, 0.25) is 21.1 Å². The Morgan fingerprint density at radius 3 is 2.76 bits per heavy atom. The Bertz CT molecular complexity index is 898. The van der Waals surface area contributed by atoms with Gasteiger partial charge in [-0.1, -0.05) is 41.1 Å². The molecule has 0 bridgehead atoms. The lowest BCUT2D eigenvalue weighted by Gasteiger charge is -2.18. The molecule has 0 spiro atoms. The molecule has 0 saturated carbocycles. The first-order chi connectivity index (χ1) is 11.8. The number of rotatable bonds is 8. The van der Waals surface area contributed by atoms with Crippen LogP contribution in [0.1, 0.15) is 21.4 Å². The average molecular weight is 402 g/mol. The summed E-state index contributed by atoms with van der Waals surface area (Å²) in [7, 11) is -3.93. The van der Waals surface area contributed by atoms with Gasteiger partial charge in [0.15, 0.2) is 0 Å². The number of hydrogen-bond donors (Lipinski definition) is 3. The van der Waals surface area contributed by atoms with Crippen LogP contribution in [0.3, 0.4) is 0 Å². The van der Waals surface area contributed by atoms with Crippen molar-refractivity contribution in [3.63, 3.8) is 0 Å². The van der Waals surface area contributed by atoms with Crippen LogP contribution in [0.25, 0.3) is 0 Å². The summed E-state index contributed by atoms with van der Waals surface area (Å²) >= 11 is 7.02. The van der Waals surface area contributed by atoms with E-state index in [1.807, 2.05) is 0 Å². The van der Waals surface area contributed by atoms with Crippen molar-refractivity contribution in [2.24, 2.45) is 11.5 Å². The van der Waals surface area contributed by atoms with Gasteiger partial charge >= 0.3 is 0 Å². The van der Waals surface area contributed by atoms with Crippen molar-refractivity contribution in [2.45, 2.75) is 18.2 Å². The van der Waals surface area contributed by atoms with Crippen LogP contribution in [0.4, 0.5) is 5.13 Å². The summed E-state index contributed by atoms with van der Waals surface area (Å²) in [5.74, 6) is -0.582. The minimum Gasteiger partial charge on any atom is -0.369 e. The van der Waals surface area contributed by atoms with Gasteiger partial charge < -0.3 is 11.5 Å². The number of benzene rings is 1. The first kappa shape index (κ1) is 19.3. The highest BCUT2D eigenvalue weighted by Gasteiger charge is 2.28. The smallest absolute Gasteiger partial charge is 0.245 e. The minimum atomic E-state index is -3.93. The van der Waals surface area contributed by atoms with Gasteiger partial charge in [0.05, 0.1) is 6.42 Å². The molecule has 0 aliphatic heterocycles. The van der Waals surface area contributed by atoms with E-state index in [2.05, 4.69) is 21.5 Å². The molecule has 1 heterocycles. The molecule has 8 nitrogen and oxygen atoms in total. The fraction of sp³-hybridized carbons (Fsp3) is 0.214. The number of sulfonamides is 1. The van der Waals surface area contributed by atoms with Gasteiger partial charge in [-0.05, 0) is 17.2 Å². The van der Waals surface area contributed by atoms with E-state index in [1.54, 1.807) is 18.2 Å². The van der Waals surface area contributed by atoms with Gasteiger partial charge in [-0.2, -0.15) is 0 Å². The molecule has 134 valence electrons. The number of carbonyl (C=O) groups excluding carboxylic acids is 1. The Morgan fingerprint density at radius 2 is 2.16 bits per heavy atom. The van der Waals surface area contributed by atoms with Crippen LogP contribution in [0, 0.1) is 0 Å². The van der Waals surface area contributed by atoms with E-state index in [0.29, 0.717) is 21.2 Å². The number of carbonyl (C=O) groups is 1. The number of amides is 1. The molecule has 0 aliphatic rings. The van der Waals surface area contributed by atoms with Gasteiger partial charge in [-0.3, -0.25) is 9.52 Å². The Hall–Kier alpha value is -2.01. The van der Waals surface area contributed by atoms with Crippen LogP contribution in [-0.4, -0.2) is 24.5 Å². The second-order valence-corrected chi connectivity index (χ2v) is 8.23. The number of primary amides is 1. The fourth-order valence-corrected chi connectivity index (χ4v) is 4.77. The van der Waals surface area contributed by atoms with Crippen LogP contribution >= 0.6 is 22.9 Å². The predicted octanol–water partition coefficient (Wildman–Crippen LogP) is 1.35. The molecule has 1 atom stereocenters. The third kappa shape index (κ3) is 4.54. The van der Waals surface area contributed by atoms with Gasteiger partial charge in [0, 0.05) is 11.6 Å². The van der Waals surface area contributed by atoms with Crippen molar-refractivity contribution >= 4 is 44.0 Å². The Morgan fingerprint density at radius 1 is 1.44 bits per heavy atom. The number of halogens is 1. The van der Waals surface area contributed by atoms with Crippen LogP contribution < -0.4 is 16.2 Å². The van der Waals surface area contributed by atoms with E-state index in [1.165, 1.54) is 6.08 Å². The van der Waals surface area contributed by atoms with Crippen LogP contribution in [0.5, 0.6) is 0 Å². The maximum absolute atomic E-state index is 12.7. The standard InChI is InChI=1S/C14H16ClN5O3S2/c1-2-11(8-4-3-5-10(15)9(8)7-16)25(22,23)20-14-19-18-13(24-14)6-12(17)21/h2-5,11H,1,6-7,16H2,(H2,17,21)(H,19,20). The molecule has 0 aliphatic carbocycles. The third-order valence-corrected chi connectivity index (χ3v) is 6.15. The molecular weight excluding hydrogens is 386 g/mol. The molecular formula is C14H16ClN5O3S2. The van der Waals surface area contributed by atoms with Crippen LogP contribution in [-0.2, 0) is 27.8 Å². The van der Waals surface area contributed by atoms with Crippen LogP contribution in [0.2, 0.25) is 5.02 Å². The molecule has 5 N–H and O–H groups in total. The summed E-state index contributed by atoms with van der Waals surface area (Å²) in [5.41, 5.74) is 11.7. The highest BCUT2D eigenvalue weighted by molar-refractivity contribution is 7.93. The maximum Gasteiger partial charge on any atom is 0.245 e. The minimum absolute atomic E-state index is 0.0272. The number of hydrogen-bond acceptors (Lipinski definition) is 7. The lowest BCUT2D eigenvalue weighted by molar-refractivity contribution is -0.117. The van der Waals surface area contributed by atoms with Crippen LogP contribution in [0.15, 0.2) is 30.9 Å². The molecule has 0 fully saturated rings. The SMILES string of the molecule is C=CC(c1cccc(Cl)c1CN)S(=O)(=O)Nc1nnc(CC(N)=O)s1. The summed E-state index contributed by atoms with van der Waals surface area (Å²) in [6, 6.07) is 4.89. The lowest BCUT2D eigenvalue weighted by atomic mass is 10.0. The fourth-order valence-electron chi connectivity index (χ4n) is 2.18. The molecule has 1 aromatic carbocycles. The Kier molecular flexibility index (Phi) is 6.11. The van der Waals surface area contributed by atoms with E-state index in [0.717, 1.165) is 11.3 Å². The predicted molar refractivity (Wildman–Crippen MR) is 97.6 cm³/mol. The first-order valence-corrected chi connectivity index (χ1v) is 9.74. The molecule has 1 unspecified atom stereocenters. The van der Waals surface area contributed by atoms with Crippen molar-refractivity contribution in [1.82, 2.24) is 10.2 Å². The van der Waals surface area contributed by atoms with E-state index in [-0.39, 0.29) is 18.1 Å². The van der Waals surface area contributed by atoms with Gasteiger partial charge in [0.1, 0.15) is 10.3 Å². The second-order valence-electron chi connectivity index (χ2n) is 4.96. The van der Waals surface area contributed by atoms with E-state index in [9.17, 15) is 13.2 Å². The van der Waals surface area contributed by atoms with Crippen molar-refractivity contribution in [3.05, 3.63) is 52.0 Å². The Balaban J connectivity index is 2.33. The molecule has 0 saturated heterocycles. The zero-order valence-corrected chi connectivity index (χ0v) is 15.4. The molecule has 1 amide bonds. The third-order valence-electron chi connectivity index (χ3n) is 3.24. The highest BCUT2D eigenvalue weighted by Crippen LogP contribution is 2.32. The number of nitrogens with one attached hydrogen (secondary N) is 1. The van der Waals surface area contributed by atoms with E-state index >= 15 is 0 Å². The lowest BCUT2D eigenvalue weighted by Crippen LogP contribution is -2.21. The summed E-state index contributed by atoms with van der Waals surface area (Å²) in [5, 5.41) is 7.06. The number of nitrogens with zero attached hydrogens (tertiary/aromatic N) is 2. The molecule has 1 aromatic heterocycles. The number of aromatic nitrogens is 2. The number of anilines is 1. The van der Waals surface area contributed by atoms with Gasteiger partial charge in [-0.25, -0.2) is 8.42 Å². The quantitative estimate of drug-likeness (QED) is 0.570. The summed E-state index contributed by atoms with van der Waals surface area (Å²) in [6.07, 6.45) is 1.16. The average Bonchev–Trinajstić information content (AvgIpc) is 2.93. The second kappa shape index (κ2) is 7.91. The Labute approximate surface area is 153 Å². The first-order valence-electron chi connectivity index (χ1n) is 7.00. The maximum atomic E-state index is 12.7. The zero-order chi connectivity index (χ0) is 18.6. The highest BCUT2D eigenvalue weighted by atomic mass is 35.5. The summed E-state index contributed by atoms with van der Waals surface area (Å²) in [4.78, 5) is 10.9. The molecule has 11 heteroatoms. The van der Waals surface area contributed by atoms with Gasteiger partial charge in [-0.15, -0.1) is 16.8 Å². The zero-order valence-electron chi connectivity index (χ0n) is 13.0. The monoisotopic (exact) mass is 401 g/mol. The van der Waals surface area contributed by atoms with Crippen molar-refractivity contribution < 1.29 is 13.2 Å². The van der Waals surface area contributed by atoms with E-state index in [4.69, 9.17) is 23.1 Å². The summed E-state index contributed by atoms with van der Waals surface area (Å²) < 4.78 is 27.8. The molecule has 25 heavy (non-hydrogen) atoms. The largest absolute Gasteiger partial charge is 0.369 e.